The lowest BCUT2D eigenvalue weighted by Crippen LogP contribution is -2.25. The molecule has 0 radical (unpaired) electrons. The maximum absolute atomic E-state index is 3.80. The Kier molecular flexibility index (Phi) is 2.16. The Balaban J connectivity index is 1.29. The third-order valence-electron chi connectivity index (χ3n) is 5.07. The molecule has 4 unspecified atom stereocenters. The second kappa shape index (κ2) is 3.58. The summed E-state index contributed by atoms with van der Waals surface area (Å²) in [5, 5.41) is 5.99. The number of nitrogens with one attached hydrogen (secondary N) is 1. The van der Waals surface area contributed by atoms with Crippen molar-refractivity contribution in [2.24, 2.45) is 23.7 Å². The molecular weight excluding hydrogens is 214 g/mol. The van der Waals surface area contributed by atoms with Crippen molar-refractivity contribution in [3.8, 4) is 0 Å². The molecule has 3 aliphatic rings. The van der Waals surface area contributed by atoms with Gasteiger partial charge in [0.05, 0.1) is 0 Å². The van der Waals surface area contributed by atoms with Crippen LogP contribution in [0.3, 0.4) is 0 Å². The van der Waals surface area contributed by atoms with Gasteiger partial charge >= 0.3 is 0 Å². The predicted molar refractivity (Wildman–Crippen MR) is 67.6 cm³/mol. The van der Waals surface area contributed by atoms with Crippen molar-refractivity contribution in [3.05, 3.63) is 22.4 Å². The maximum atomic E-state index is 3.80. The lowest BCUT2D eigenvalue weighted by molar-refractivity contribution is 0.456. The SMILES string of the molecule is c1csc(CCNC2C3C4CCC(C4)C23)c1. The molecular formula is C14H19NS. The molecule has 3 saturated carbocycles. The van der Waals surface area contributed by atoms with Crippen molar-refractivity contribution in [1.82, 2.24) is 5.32 Å². The quantitative estimate of drug-likeness (QED) is 0.843. The molecule has 1 N–H and O–H groups in total. The molecule has 2 bridgehead atoms. The third kappa shape index (κ3) is 1.39. The van der Waals surface area contributed by atoms with Gasteiger partial charge in [-0.1, -0.05) is 6.07 Å². The first-order chi connectivity index (χ1) is 7.93. The van der Waals surface area contributed by atoms with E-state index < -0.39 is 0 Å². The summed E-state index contributed by atoms with van der Waals surface area (Å²) in [4.78, 5) is 1.53. The first kappa shape index (κ1) is 9.67. The summed E-state index contributed by atoms with van der Waals surface area (Å²) in [6.07, 6.45) is 5.87. The lowest BCUT2D eigenvalue weighted by Gasteiger charge is -2.09. The molecule has 1 aromatic rings. The van der Waals surface area contributed by atoms with Crippen LogP contribution in [0.1, 0.15) is 24.1 Å². The van der Waals surface area contributed by atoms with E-state index in [9.17, 15) is 0 Å². The van der Waals surface area contributed by atoms with Crippen LogP contribution in [0.25, 0.3) is 0 Å². The van der Waals surface area contributed by atoms with Crippen LogP contribution in [0.4, 0.5) is 0 Å². The summed E-state index contributed by atoms with van der Waals surface area (Å²) in [7, 11) is 0. The summed E-state index contributed by atoms with van der Waals surface area (Å²) in [6.45, 7) is 1.19. The number of hydrogen-bond acceptors (Lipinski definition) is 2. The second-order valence-corrected chi connectivity index (χ2v) is 6.83. The van der Waals surface area contributed by atoms with Gasteiger partial charge in [-0.15, -0.1) is 11.3 Å². The van der Waals surface area contributed by atoms with Crippen molar-refractivity contribution >= 4 is 11.3 Å². The van der Waals surface area contributed by atoms with Crippen LogP contribution >= 0.6 is 11.3 Å². The van der Waals surface area contributed by atoms with E-state index in [1.807, 2.05) is 11.3 Å². The highest BCUT2D eigenvalue weighted by Crippen LogP contribution is 2.65. The minimum atomic E-state index is 0.909. The lowest BCUT2D eigenvalue weighted by atomic mass is 10.0. The molecule has 4 atom stereocenters. The zero-order valence-electron chi connectivity index (χ0n) is 9.56. The average Bonchev–Trinajstić information content (AvgIpc) is 2.77. The number of hydrogen-bond donors (Lipinski definition) is 1. The van der Waals surface area contributed by atoms with E-state index >= 15 is 0 Å². The fourth-order valence-corrected chi connectivity index (χ4v) is 5.12. The fraction of sp³-hybridized carbons (Fsp3) is 0.714. The minimum Gasteiger partial charge on any atom is -0.313 e. The van der Waals surface area contributed by atoms with Crippen LogP contribution in [0.15, 0.2) is 17.5 Å². The standard InChI is InChI=1S/C14H19NS/c1-2-11(16-7-1)5-6-15-14-12-9-3-4-10(8-9)13(12)14/h1-2,7,9-10,12-15H,3-6,8H2. The zero-order chi connectivity index (χ0) is 10.5. The number of thiophene rings is 1. The first-order valence-electron chi connectivity index (χ1n) is 6.69. The Morgan fingerprint density at radius 2 is 2.06 bits per heavy atom. The van der Waals surface area contributed by atoms with Gasteiger partial charge in [-0.25, -0.2) is 0 Å². The van der Waals surface area contributed by atoms with E-state index in [1.165, 1.54) is 30.7 Å². The van der Waals surface area contributed by atoms with Crippen molar-refractivity contribution in [2.45, 2.75) is 31.7 Å². The van der Waals surface area contributed by atoms with E-state index in [2.05, 4.69) is 22.8 Å². The highest BCUT2D eigenvalue weighted by Gasteiger charge is 2.64. The van der Waals surface area contributed by atoms with Crippen molar-refractivity contribution in [2.75, 3.05) is 6.54 Å². The second-order valence-electron chi connectivity index (χ2n) is 5.80. The molecule has 1 nitrogen and oxygen atoms in total. The molecule has 0 spiro atoms. The first-order valence-corrected chi connectivity index (χ1v) is 7.57. The van der Waals surface area contributed by atoms with Gasteiger partial charge in [-0.05, 0) is 60.8 Å². The molecule has 3 aliphatic carbocycles. The van der Waals surface area contributed by atoms with Crippen molar-refractivity contribution < 1.29 is 0 Å². The van der Waals surface area contributed by atoms with E-state index in [0.29, 0.717) is 0 Å². The highest BCUT2D eigenvalue weighted by atomic mass is 32.1. The van der Waals surface area contributed by atoms with Crippen molar-refractivity contribution in [3.63, 3.8) is 0 Å². The Labute approximate surface area is 101 Å². The molecule has 16 heavy (non-hydrogen) atoms. The van der Waals surface area contributed by atoms with Gasteiger partial charge in [0.2, 0.25) is 0 Å². The number of rotatable bonds is 4. The molecule has 0 aliphatic heterocycles. The topological polar surface area (TPSA) is 12.0 Å². The Morgan fingerprint density at radius 3 is 2.75 bits per heavy atom. The summed E-state index contributed by atoms with van der Waals surface area (Å²) < 4.78 is 0. The van der Waals surface area contributed by atoms with Gasteiger partial charge in [0.15, 0.2) is 0 Å². The monoisotopic (exact) mass is 233 g/mol. The smallest absolute Gasteiger partial charge is 0.0136 e. The molecule has 1 heterocycles. The van der Waals surface area contributed by atoms with E-state index in [1.54, 1.807) is 6.42 Å². The normalized spacial score (nSPS) is 43.6. The molecule has 86 valence electrons. The zero-order valence-corrected chi connectivity index (χ0v) is 10.4. The van der Waals surface area contributed by atoms with Crippen LogP contribution in [0, 0.1) is 23.7 Å². The molecule has 2 heteroatoms. The van der Waals surface area contributed by atoms with E-state index in [-0.39, 0.29) is 0 Å². The maximum Gasteiger partial charge on any atom is 0.0136 e. The van der Waals surface area contributed by atoms with Crippen LogP contribution in [0.2, 0.25) is 0 Å². The Morgan fingerprint density at radius 1 is 1.25 bits per heavy atom. The Bertz CT molecular complexity index is 356. The number of fused-ring (bicyclic) bond motifs is 5. The summed E-state index contributed by atoms with van der Waals surface area (Å²) in [5.74, 6) is 4.38. The van der Waals surface area contributed by atoms with E-state index in [0.717, 1.165) is 29.7 Å². The van der Waals surface area contributed by atoms with Crippen LogP contribution < -0.4 is 5.32 Å². The van der Waals surface area contributed by atoms with E-state index in [4.69, 9.17) is 0 Å². The third-order valence-corrected chi connectivity index (χ3v) is 6.00. The summed E-state index contributed by atoms with van der Waals surface area (Å²) in [5.41, 5.74) is 0. The van der Waals surface area contributed by atoms with Gasteiger partial charge in [0.1, 0.15) is 0 Å². The molecule has 0 aromatic carbocycles. The minimum absolute atomic E-state index is 0.909. The predicted octanol–water partition coefficient (Wildman–Crippen LogP) is 2.92. The molecule has 0 amide bonds. The van der Waals surface area contributed by atoms with Crippen LogP contribution in [-0.4, -0.2) is 12.6 Å². The largest absolute Gasteiger partial charge is 0.313 e. The van der Waals surface area contributed by atoms with Gasteiger partial charge in [0, 0.05) is 17.5 Å². The van der Waals surface area contributed by atoms with Crippen LogP contribution in [0.5, 0.6) is 0 Å². The van der Waals surface area contributed by atoms with Crippen LogP contribution in [-0.2, 0) is 6.42 Å². The molecule has 3 fully saturated rings. The fourth-order valence-electron chi connectivity index (χ4n) is 4.42. The molecule has 4 rings (SSSR count). The average molecular weight is 233 g/mol. The molecule has 1 aromatic heterocycles. The van der Waals surface area contributed by atoms with Gasteiger partial charge in [-0.2, -0.15) is 0 Å². The van der Waals surface area contributed by atoms with Gasteiger partial charge in [-0.3, -0.25) is 0 Å². The molecule has 0 saturated heterocycles. The van der Waals surface area contributed by atoms with Gasteiger partial charge < -0.3 is 5.32 Å². The van der Waals surface area contributed by atoms with Gasteiger partial charge in [0.25, 0.3) is 0 Å². The van der Waals surface area contributed by atoms with Crippen molar-refractivity contribution in [1.29, 1.82) is 0 Å². The highest BCUT2D eigenvalue weighted by molar-refractivity contribution is 7.09. The Hall–Kier alpha value is -0.340. The summed E-state index contributed by atoms with van der Waals surface area (Å²) in [6, 6.07) is 5.32. The summed E-state index contributed by atoms with van der Waals surface area (Å²) >= 11 is 1.89.